The van der Waals surface area contributed by atoms with Gasteiger partial charge in [0.15, 0.2) is 11.5 Å². The first kappa shape index (κ1) is 30.9. The minimum atomic E-state index is -0.600. The van der Waals surface area contributed by atoms with Gasteiger partial charge in [-0.25, -0.2) is 4.79 Å². The van der Waals surface area contributed by atoms with Crippen LogP contribution in [0.1, 0.15) is 85.3 Å². The van der Waals surface area contributed by atoms with Crippen molar-refractivity contribution in [2.75, 3.05) is 26.7 Å². The summed E-state index contributed by atoms with van der Waals surface area (Å²) in [6, 6.07) is 5.35. The third-order valence-corrected chi connectivity index (χ3v) is 8.28. The molecule has 3 heterocycles. The molecule has 228 valence electrons. The highest BCUT2D eigenvalue weighted by molar-refractivity contribution is 5.87. The standard InChI is InChI=1S/C31H47N3O7/c1-19(35)33-23(12-8-9-15-32-29(37)41-30(2,3)4)28(36)34-16-14-24-20(18-34)17-22-26(39-24)21-11-10-13-25(38-7)27(21)40-31(22,5)6/h10-11,13,20,22-24,26H,8-9,12,14-18H2,1-7H3,(H,32,37)(H,33,35)/t20-,22+,23-,24+,26-/m0/s1. The maximum atomic E-state index is 13.6. The van der Waals surface area contributed by atoms with Crippen molar-refractivity contribution in [1.82, 2.24) is 15.5 Å². The van der Waals surface area contributed by atoms with Gasteiger partial charge >= 0.3 is 6.09 Å². The number of carbonyl (C=O) groups excluding carboxylic acids is 3. The Balaban J connectivity index is 1.36. The summed E-state index contributed by atoms with van der Waals surface area (Å²) < 4.78 is 24.1. The van der Waals surface area contributed by atoms with Crippen LogP contribution >= 0.6 is 0 Å². The number of amides is 3. The molecule has 3 aliphatic rings. The molecule has 0 spiro atoms. The second-order valence-corrected chi connectivity index (χ2v) is 13.0. The van der Waals surface area contributed by atoms with Gasteiger partial charge in [0, 0.05) is 44.0 Å². The van der Waals surface area contributed by atoms with Crippen molar-refractivity contribution in [1.29, 1.82) is 0 Å². The molecule has 10 heteroatoms. The summed E-state index contributed by atoms with van der Waals surface area (Å²) in [5, 5.41) is 5.60. The molecule has 0 aromatic heterocycles. The maximum Gasteiger partial charge on any atom is 0.407 e. The Labute approximate surface area is 243 Å². The first-order valence-corrected chi connectivity index (χ1v) is 14.8. The number of unbranched alkanes of at least 4 members (excludes halogenated alkanes) is 1. The third kappa shape index (κ3) is 7.45. The van der Waals surface area contributed by atoms with E-state index >= 15 is 0 Å². The molecule has 0 aliphatic carbocycles. The van der Waals surface area contributed by atoms with Crippen LogP contribution in [0, 0.1) is 11.8 Å². The fraction of sp³-hybridized carbons (Fsp3) is 0.710. The lowest BCUT2D eigenvalue weighted by Crippen LogP contribution is -2.58. The van der Waals surface area contributed by atoms with Gasteiger partial charge in [-0.15, -0.1) is 0 Å². The average Bonchev–Trinajstić information content (AvgIpc) is 2.89. The molecule has 10 nitrogen and oxygen atoms in total. The van der Waals surface area contributed by atoms with Crippen LogP contribution in [0.25, 0.3) is 0 Å². The van der Waals surface area contributed by atoms with Crippen LogP contribution in [0.3, 0.4) is 0 Å². The first-order valence-electron chi connectivity index (χ1n) is 14.8. The van der Waals surface area contributed by atoms with Gasteiger partial charge in [0.2, 0.25) is 11.8 Å². The zero-order valence-corrected chi connectivity index (χ0v) is 25.6. The van der Waals surface area contributed by atoms with Crippen molar-refractivity contribution in [3.05, 3.63) is 23.8 Å². The van der Waals surface area contributed by atoms with E-state index in [-0.39, 0.29) is 35.9 Å². The number of methoxy groups -OCH3 is 1. The van der Waals surface area contributed by atoms with E-state index < -0.39 is 23.3 Å². The third-order valence-electron chi connectivity index (χ3n) is 8.28. The lowest BCUT2D eigenvalue weighted by molar-refractivity contribution is -0.189. The van der Waals surface area contributed by atoms with Gasteiger partial charge in [-0.05, 0) is 72.8 Å². The minimum Gasteiger partial charge on any atom is -0.493 e. The van der Waals surface area contributed by atoms with Crippen LogP contribution in [0.4, 0.5) is 4.79 Å². The number of fused-ring (bicyclic) bond motifs is 4. The van der Waals surface area contributed by atoms with Gasteiger partial charge in [0.05, 0.1) is 19.3 Å². The van der Waals surface area contributed by atoms with E-state index in [0.29, 0.717) is 44.6 Å². The van der Waals surface area contributed by atoms with Gasteiger partial charge in [-0.2, -0.15) is 0 Å². The lowest BCUT2D eigenvalue weighted by Gasteiger charge is -2.53. The highest BCUT2D eigenvalue weighted by Crippen LogP contribution is 2.55. The Kier molecular flexibility index (Phi) is 9.41. The molecular formula is C31H47N3O7. The predicted molar refractivity (Wildman–Crippen MR) is 154 cm³/mol. The molecule has 3 amide bonds. The van der Waals surface area contributed by atoms with E-state index in [9.17, 15) is 14.4 Å². The molecule has 2 N–H and O–H groups in total. The molecule has 5 atom stereocenters. The number of piperidine rings is 1. The Morgan fingerprint density at radius 2 is 1.95 bits per heavy atom. The van der Waals surface area contributed by atoms with Gasteiger partial charge < -0.3 is 34.5 Å². The number of benzene rings is 1. The van der Waals surface area contributed by atoms with Crippen molar-refractivity contribution < 1.29 is 33.3 Å². The summed E-state index contributed by atoms with van der Waals surface area (Å²) in [5.74, 6) is 1.48. The minimum absolute atomic E-state index is 0.0476. The SMILES string of the molecule is COc1cccc2c1OC(C)(C)[C@@H]1C[C@H]3CN(C(=O)[C@H](CCCCNC(=O)OC(C)(C)C)NC(C)=O)CC[C@H]3O[C@@H]21. The number of alkyl carbamates (subject to hydrolysis) is 1. The molecule has 1 aromatic carbocycles. The molecule has 1 aromatic rings. The van der Waals surface area contributed by atoms with Crippen LogP contribution in [-0.2, 0) is 19.1 Å². The fourth-order valence-corrected chi connectivity index (χ4v) is 6.35. The predicted octanol–water partition coefficient (Wildman–Crippen LogP) is 4.36. The maximum absolute atomic E-state index is 13.6. The van der Waals surface area contributed by atoms with Crippen LogP contribution in [0.2, 0.25) is 0 Å². The summed E-state index contributed by atoms with van der Waals surface area (Å²) in [7, 11) is 1.65. The summed E-state index contributed by atoms with van der Waals surface area (Å²) >= 11 is 0. The second-order valence-electron chi connectivity index (χ2n) is 13.0. The Bertz CT molecular complexity index is 1120. The molecule has 41 heavy (non-hydrogen) atoms. The normalized spacial score (nSPS) is 25.4. The Hall–Kier alpha value is -3.01. The molecule has 0 radical (unpaired) electrons. The topological polar surface area (TPSA) is 115 Å². The van der Waals surface area contributed by atoms with Crippen molar-refractivity contribution >= 4 is 17.9 Å². The van der Waals surface area contributed by atoms with Crippen molar-refractivity contribution in [3.8, 4) is 11.5 Å². The van der Waals surface area contributed by atoms with E-state index in [2.05, 4.69) is 30.5 Å². The number of ether oxygens (including phenoxy) is 4. The number of nitrogens with zero attached hydrogens (tertiary/aromatic N) is 1. The van der Waals surface area contributed by atoms with E-state index in [1.807, 2.05) is 37.8 Å². The molecule has 2 fully saturated rings. The van der Waals surface area contributed by atoms with Gasteiger partial charge in [-0.1, -0.05) is 12.1 Å². The van der Waals surface area contributed by atoms with Gasteiger partial charge in [-0.3, -0.25) is 9.59 Å². The summed E-state index contributed by atoms with van der Waals surface area (Å²) in [4.78, 5) is 39.3. The van der Waals surface area contributed by atoms with E-state index in [1.54, 1.807) is 7.11 Å². The lowest BCUT2D eigenvalue weighted by atomic mass is 9.70. The smallest absolute Gasteiger partial charge is 0.407 e. The Morgan fingerprint density at radius 1 is 1.20 bits per heavy atom. The molecule has 2 saturated heterocycles. The number of hydrogen-bond donors (Lipinski definition) is 2. The fourth-order valence-electron chi connectivity index (χ4n) is 6.35. The summed E-state index contributed by atoms with van der Waals surface area (Å²) in [6.45, 7) is 12.7. The number of hydrogen-bond acceptors (Lipinski definition) is 7. The number of carbonyl (C=O) groups is 3. The highest BCUT2D eigenvalue weighted by atomic mass is 16.6. The van der Waals surface area contributed by atoms with Crippen LogP contribution < -0.4 is 20.1 Å². The summed E-state index contributed by atoms with van der Waals surface area (Å²) in [6.07, 6.45) is 2.97. The highest BCUT2D eigenvalue weighted by Gasteiger charge is 2.52. The molecule has 0 saturated carbocycles. The van der Waals surface area contributed by atoms with Gasteiger partial charge in [0.25, 0.3) is 0 Å². The monoisotopic (exact) mass is 573 g/mol. The molecule has 0 bridgehead atoms. The molecule has 4 rings (SSSR count). The molecule has 3 aliphatic heterocycles. The number of nitrogens with one attached hydrogen (secondary N) is 2. The molecular weight excluding hydrogens is 526 g/mol. The van der Waals surface area contributed by atoms with Crippen molar-refractivity contribution in [2.24, 2.45) is 11.8 Å². The van der Waals surface area contributed by atoms with Crippen molar-refractivity contribution in [3.63, 3.8) is 0 Å². The quantitative estimate of drug-likeness (QED) is 0.444. The van der Waals surface area contributed by atoms with E-state index in [1.165, 1.54) is 6.92 Å². The van der Waals surface area contributed by atoms with E-state index in [0.717, 1.165) is 24.2 Å². The van der Waals surface area contributed by atoms with Crippen LogP contribution in [0.15, 0.2) is 18.2 Å². The average molecular weight is 574 g/mol. The largest absolute Gasteiger partial charge is 0.493 e. The Morgan fingerprint density at radius 3 is 2.63 bits per heavy atom. The van der Waals surface area contributed by atoms with Crippen LogP contribution in [-0.4, -0.2) is 72.9 Å². The first-order chi connectivity index (χ1) is 19.3. The number of rotatable bonds is 8. The molecule has 0 unspecified atom stereocenters. The van der Waals surface area contributed by atoms with Crippen molar-refractivity contribution in [2.45, 2.75) is 103 Å². The number of likely N-dealkylation sites (tertiary alicyclic amines) is 1. The number of para-hydroxylation sites is 1. The zero-order valence-electron chi connectivity index (χ0n) is 25.6. The summed E-state index contributed by atoms with van der Waals surface area (Å²) in [5.41, 5.74) is 0.00975. The van der Waals surface area contributed by atoms with Gasteiger partial charge in [0.1, 0.15) is 17.2 Å². The van der Waals surface area contributed by atoms with Crippen LogP contribution in [0.5, 0.6) is 11.5 Å². The second kappa shape index (κ2) is 12.5. The zero-order chi connectivity index (χ0) is 29.9. The van der Waals surface area contributed by atoms with E-state index in [4.69, 9.17) is 18.9 Å².